The monoisotopic (exact) mass is 233 g/mol. The van der Waals surface area contributed by atoms with Gasteiger partial charge in [-0.05, 0) is 38.6 Å². The summed E-state index contributed by atoms with van der Waals surface area (Å²) in [6, 6.07) is 0. The molecule has 2 fully saturated rings. The fourth-order valence-corrected chi connectivity index (χ4v) is 3.38. The molecule has 2 aliphatic rings. The topological polar surface area (TPSA) is 23.5 Å². The number of rotatable bonds is 3. The number of nitrogens with zero attached hydrogens (tertiary/aromatic N) is 1. The van der Waals surface area contributed by atoms with E-state index in [1.807, 2.05) is 0 Å². The molecule has 0 radical (unpaired) electrons. The number of hydrogen-bond donors (Lipinski definition) is 1. The minimum absolute atomic E-state index is 0. The predicted octanol–water partition coefficient (Wildman–Crippen LogP) is 2.59. The number of hydrogen-bond acceptors (Lipinski definition) is 2. The Morgan fingerprint density at radius 1 is 1.00 bits per heavy atom. The zero-order chi connectivity index (χ0) is 9.86. The molecular weight excluding hydrogens is 210 g/mol. The van der Waals surface area contributed by atoms with Gasteiger partial charge in [-0.2, -0.15) is 0 Å². The second-order valence-corrected chi connectivity index (χ2v) is 4.95. The van der Waals surface area contributed by atoms with Gasteiger partial charge in [0.25, 0.3) is 0 Å². The number of aliphatic hydroxyl groups is 1. The minimum Gasteiger partial charge on any atom is -0.396 e. The van der Waals surface area contributed by atoms with Gasteiger partial charge in [0, 0.05) is 18.7 Å². The van der Waals surface area contributed by atoms with Crippen LogP contribution in [-0.4, -0.2) is 35.2 Å². The number of halogens is 1. The van der Waals surface area contributed by atoms with Crippen LogP contribution in [0.3, 0.4) is 0 Å². The molecule has 1 aliphatic heterocycles. The largest absolute Gasteiger partial charge is 0.396 e. The van der Waals surface area contributed by atoms with E-state index in [2.05, 4.69) is 4.90 Å². The molecule has 1 saturated carbocycles. The van der Waals surface area contributed by atoms with Gasteiger partial charge < -0.3 is 5.11 Å². The SMILES string of the molecule is Cl.OCCCN1CCCC12CCCCC2. The van der Waals surface area contributed by atoms with Crippen LogP contribution in [0.2, 0.25) is 0 Å². The van der Waals surface area contributed by atoms with Gasteiger partial charge >= 0.3 is 0 Å². The molecule has 0 unspecified atom stereocenters. The molecule has 1 N–H and O–H groups in total. The molecule has 3 heteroatoms. The zero-order valence-corrected chi connectivity index (χ0v) is 10.4. The van der Waals surface area contributed by atoms with Crippen LogP contribution in [-0.2, 0) is 0 Å². The highest BCUT2D eigenvalue weighted by atomic mass is 35.5. The Labute approximate surface area is 99.4 Å². The first-order valence-electron chi connectivity index (χ1n) is 6.23. The normalized spacial score (nSPS) is 25.4. The van der Waals surface area contributed by atoms with E-state index in [9.17, 15) is 0 Å². The molecule has 15 heavy (non-hydrogen) atoms. The minimum atomic E-state index is 0. The van der Waals surface area contributed by atoms with Crippen LogP contribution in [0.5, 0.6) is 0 Å². The van der Waals surface area contributed by atoms with Crippen LogP contribution in [0.1, 0.15) is 51.4 Å². The van der Waals surface area contributed by atoms with Crippen molar-refractivity contribution < 1.29 is 5.11 Å². The van der Waals surface area contributed by atoms with E-state index in [4.69, 9.17) is 5.11 Å². The highest BCUT2D eigenvalue weighted by Gasteiger charge is 2.40. The Bertz CT molecular complexity index is 180. The van der Waals surface area contributed by atoms with Crippen molar-refractivity contribution in [1.29, 1.82) is 0 Å². The molecule has 1 spiro atoms. The Kier molecular flexibility index (Phi) is 5.37. The van der Waals surface area contributed by atoms with Crippen molar-refractivity contribution in [3.05, 3.63) is 0 Å². The average Bonchev–Trinajstić information content (AvgIpc) is 2.59. The van der Waals surface area contributed by atoms with Crippen LogP contribution in [0.4, 0.5) is 0 Å². The molecule has 0 bridgehead atoms. The van der Waals surface area contributed by atoms with Gasteiger partial charge in [0.2, 0.25) is 0 Å². The maximum absolute atomic E-state index is 8.89. The Balaban J connectivity index is 0.00000112. The molecule has 0 atom stereocenters. The molecule has 1 aliphatic carbocycles. The van der Waals surface area contributed by atoms with Gasteiger partial charge in [0.05, 0.1) is 0 Å². The standard InChI is InChI=1S/C12H23NO.ClH/c14-11-5-10-13-9-4-8-12(13)6-2-1-3-7-12;/h14H,1-11H2;1H. The summed E-state index contributed by atoms with van der Waals surface area (Å²) in [6.07, 6.45) is 10.9. The van der Waals surface area contributed by atoms with Gasteiger partial charge in [-0.25, -0.2) is 0 Å². The van der Waals surface area contributed by atoms with Gasteiger partial charge in [0.15, 0.2) is 0 Å². The number of likely N-dealkylation sites (tertiary alicyclic amines) is 1. The summed E-state index contributed by atoms with van der Waals surface area (Å²) in [5, 5.41) is 8.89. The van der Waals surface area contributed by atoms with Crippen molar-refractivity contribution in [1.82, 2.24) is 4.90 Å². The third kappa shape index (κ3) is 2.86. The van der Waals surface area contributed by atoms with E-state index in [0.717, 1.165) is 13.0 Å². The van der Waals surface area contributed by atoms with E-state index >= 15 is 0 Å². The molecular formula is C12H24ClNO. The summed E-state index contributed by atoms with van der Waals surface area (Å²) in [7, 11) is 0. The summed E-state index contributed by atoms with van der Waals surface area (Å²) >= 11 is 0. The molecule has 0 aromatic carbocycles. The van der Waals surface area contributed by atoms with Crippen LogP contribution in [0.25, 0.3) is 0 Å². The number of aliphatic hydroxyl groups excluding tert-OH is 1. The lowest BCUT2D eigenvalue weighted by Gasteiger charge is -2.41. The molecule has 2 nitrogen and oxygen atoms in total. The van der Waals surface area contributed by atoms with Crippen molar-refractivity contribution >= 4 is 12.4 Å². The smallest absolute Gasteiger partial charge is 0.0443 e. The summed E-state index contributed by atoms with van der Waals surface area (Å²) in [5.41, 5.74) is 0.563. The third-order valence-electron chi connectivity index (χ3n) is 4.11. The lowest BCUT2D eigenvalue weighted by atomic mass is 9.80. The molecule has 90 valence electrons. The molecule has 0 aromatic heterocycles. The lowest BCUT2D eigenvalue weighted by Crippen LogP contribution is -2.45. The van der Waals surface area contributed by atoms with Crippen molar-refractivity contribution in [2.24, 2.45) is 0 Å². The highest BCUT2D eigenvalue weighted by Crippen LogP contribution is 2.41. The van der Waals surface area contributed by atoms with Crippen molar-refractivity contribution in [3.8, 4) is 0 Å². The van der Waals surface area contributed by atoms with E-state index in [0.29, 0.717) is 12.1 Å². The second-order valence-electron chi connectivity index (χ2n) is 4.95. The van der Waals surface area contributed by atoms with E-state index < -0.39 is 0 Å². The summed E-state index contributed by atoms with van der Waals surface area (Å²) in [6.45, 7) is 2.75. The summed E-state index contributed by atoms with van der Waals surface area (Å²) in [5.74, 6) is 0. The summed E-state index contributed by atoms with van der Waals surface area (Å²) in [4.78, 5) is 2.67. The van der Waals surface area contributed by atoms with Gasteiger partial charge in [-0.15, -0.1) is 12.4 Å². The maximum atomic E-state index is 8.89. The average molecular weight is 234 g/mol. The van der Waals surface area contributed by atoms with E-state index in [-0.39, 0.29) is 12.4 Å². The third-order valence-corrected chi connectivity index (χ3v) is 4.11. The second kappa shape index (κ2) is 6.07. The molecule has 1 heterocycles. The quantitative estimate of drug-likeness (QED) is 0.810. The van der Waals surface area contributed by atoms with Crippen LogP contribution in [0, 0.1) is 0 Å². The highest BCUT2D eigenvalue weighted by molar-refractivity contribution is 5.85. The zero-order valence-electron chi connectivity index (χ0n) is 9.58. The molecule has 2 rings (SSSR count). The fourth-order valence-electron chi connectivity index (χ4n) is 3.38. The Hall–Kier alpha value is 0.210. The van der Waals surface area contributed by atoms with Gasteiger partial charge in [-0.1, -0.05) is 19.3 Å². The fraction of sp³-hybridized carbons (Fsp3) is 1.00. The van der Waals surface area contributed by atoms with Crippen molar-refractivity contribution in [2.45, 2.75) is 56.9 Å². The lowest BCUT2D eigenvalue weighted by molar-refractivity contribution is 0.0857. The first-order valence-corrected chi connectivity index (χ1v) is 6.23. The summed E-state index contributed by atoms with van der Waals surface area (Å²) < 4.78 is 0. The van der Waals surface area contributed by atoms with Crippen molar-refractivity contribution in [3.63, 3.8) is 0 Å². The van der Waals surface area contributed by atoms with Crippen LogP contribution >= 0.6 is 12.4 Å². The molecule has 1 saturated heterocycles. The van der Waals surface area contributed by atoms with E-state index in [1.54, 1.807) is 0 Å². The van der Waals surface area contributed by atoms with Crippen LogP contribution in [0.15, 0.2) is 0 Å². The Morgan fingerprint density at radius 2 is 1.67 bits per heavy atom. The van der Waals surface area contributed by atoms with Crippen molar-refractivity contribution in [2.75, 3.05) is 19.7 Å². The predicted molar refractivity (Wildman–Crippen MR) is 65.6 cm³/mol. The van der Waals surface area contributed by atoms with Crippen LogP contribution < -0.4 is 0 Å². The molecule has 0 amide bonds. The van der Waals surface area contributed by atoms with E-state index in [1.165, 1.54) is 51.5 Å². The Morgan fingerprint density at radius 3 is 2.33 bits per heavy atom. The van der Waals surface area contributed by atoms with Gasteiger partial charge in [0.1, 0.15) is 0 Å². The molecule has 0 aromatic rings. The first-order chi connectivity index (χ1) is 6.87. The van der Waals surface area contributed by atoms with Gasteiger partial charge in [-0.3, -0.25) is 4.90 Å². The maximum Gasteiger partial charge on any atom is 0.0443 e. The first kappa shape index (κ1) is 13.3.